The number of rotatable bonds is 3. The lowest BCUT2D eigenvalue weighted by Gasteiger charge is -2.08. The fraction of sp³-hybridized carbons (Fsp3) is 0.0769. The third-order valence-corrected chi connectivity index (χ3v) is 2.41. The van der Waals surface area contributed by atoms with Crippen LogP contribution in [0.1, 0.15) is 5.69 Å². The van der Waals surface area contributed by atoms with Gasteiger partial charge in [0.2, 0.25) is 0 Å². The van der Waals surface area contributed by atoms with E-state index >= 15 is 0 Å². The van der Waals surface area contributed by atoms with E-state index in [4.69, 9.17) is 15.9 Å². The van der Waals surface area contributed by atoms with Crippen LogP contribution in [0.5, 0.6) is 5.75 Å². The van der Waals surface area contributed by atoms with Crippen LogP contribution < -0.4 is 10.5 Å². The van der Waals surface area contributed by atoms with Crippen LogP contribution >= 0.6 is 12.4 Å². The molecule has 0 radical (unpaired) electrons. The van der Waals surface area contributed by atoms with Crippen LogP contribution in [0.15, 0.2) is 42.5 Å². The van der Waals surface area contributed by atoms with E-state index in [1.54, 1.807) is 13.2 Å². The van der Waals surface area contributed by atoms with Crippen molar-refractivity contribution in [2.24, 2.45) is 5.73 Å². The maximum Gasteiger partial charge on any atom is 0.141 e. The van der Waals surface area contributed by atoms with E-state index in [2.05, 4.69) is 4.98 Å². The van der Waals surface area contributed by atoms with Gasteiger partial charge < -0.3 is 10.5 Å². The summed E-state index contributed by atoms with van der Waals surface area (Å²) in [6.07, 6.45) is 0. The highest BCUT2D eigenvalue weighted by molar-refractivity contribution is 5.93. The summed E-state index contributed by atoms with van der Waals surface area (Å²) in [4.78, 5) is 4.32. The number of nitrogens with zero attached hydrogens (tertiary/aromatic N) is 1. The molecule has 0 spiro atoms. The molecule has 0 aliphatic rings. The highest BCUT2D eigenvalue weighted by Gasteiger charge is 2.07. The summed E-state index contributed by atoms with van der Waals surface area (Å²) in [5.74, 6) is 0.711. The fourth-order valence-electron chi connectivity index (χ4n) is 1.59. The molecule has 4 nitrogen and oxygen atoms in total. The molecule has 0 fully saturated rings. The Hall–Kier alpha value is -2.07. The van der Waals surface area contributed by atoms with Gasteiger partial charge in [-0.25, -0.2) is 4.98 Å². The number of para-hydroxylation sites is 1. The quantitative estimate of drug-likeness (QED) is 0.660. The number of nitrogens with two attached hydrogens (primary N) is 1. The van der Waals surface area contributed by atoms with Crippen molar-refractivity contribution in [3.05, 3.63) is 48.2 Å². The normalized spacial score (nSPS) is 9.39. The molecule has 1 aromatic carbocycles. The first-order chi connectivity index (χ1) is 8.22. The second-order valence-corrected chi connectivity index (χ2v) is 3.52. The highest BCUT2D eigenvalue weighted by Crippen LogP contribution is 2.27. The molecule has 0 aliphatic carbocycles. The van der Waals surface area contributed by atoms with Crippen LogP contribution in [0.25, 0.3) is 11.3 Å². The van der Waals surface area contributed by atoms with Gasteiger partial charge in [-0.05, 0) is 24.3 Å². The maximum atomic E-state index is 7.38. The third-order valence-electron chi connectivity index (χ3n) is 2.41. The van der Waals surface area contributed by atoms with Crippen molar-refractivity contribution in [1.82, 2.24) is 4.98 Å². The van der Waals surface area contributed by atoms with Gasteiger partial charge in [0.15, 0.2) is 0 Å². The van der Waals surface area contributed by atoms with Gasteiger partial charge in [-0.15, -0.1) is 12.4 Å². The lowest BCUT2D eigenvalue weighted by Crippen LogP contribution is -2.13. The van der Waals surface area contributed by atoms with Crippen molar-refractivity contribution < 1.29 is 4.74 Å². The summed E-state index contributed by atoms with van der Waals surface area (Å²) >= 11 is 0. The van der Waals surface area contributed by atoms with E-state index in [1.165, 1.54) is 0 Å². The molecule has 2 aromatic rings. The average molecular weight is 264 g/mol. The van der Waals surface area contributed by atoms with Gasteiger partial charge in [0.25, 0.3) is 0 Å². The second-order valence-electron chi connectivity index (χ2n) is 3.52. The van der Waals surface area contributed by atoms with E-state index in [1.807, 2.05) is 36.4 Å². The van der Waals surface area contributed by atoms with Crippen LogP contribution in [-0.2, 0) is 0 Å². The van der Waals surface area contributed by atoms with E-state index in [0.29, 0.717) is 5.69 Å². The SMILES string of the molecule is COc1ccccc1-c1cccc(C(=N)N)n1.Cl. The largest absolute Gasteiger partial charge is 0.496 e. The number of aromatic nitrogens is 1. The van der Waals surface area contributed by atoms with E-state index in [0.717, 1.165) is 17.0 Å². The molecule has 0 amide bonds. The number of hydrogen-bond donors (Lipinski definition) is 2. The topological polar surface area (TPSA) is 72.0 Å². The van der Waals surface area contributed by atoms with Gasteiger partial charge in [-0.3, -0.25) is 5.41 Å². The molecular formula is C13H14ClN3O. The standard InChI is InChI=1S/C13H13N3O.ClH/c1-17-12-8-3-2-5-9(12)10-6-4-7-11(16-10)13(14)15;/h2-8H,1H3,(H3,14,15);1H. The number of amidine groups is 1. The zero-order valence-corrected chi connectivity index (χ0v) is 10.7. The molecule has 0 atom stereocenters. The molecule has 0 bridgehead atoms. The number of hydrogen-bond acceptors (Lipinski definition) is 3. The van der Waals surface area contributed by atoms with Crippen molar-refractivity contribution in [2.45, 2.75) is 0 Å². The summed E-state index contributed by atoms with van der Waals surface area (Å²) in [7, 11) is 1.62. The Morgan fingerprint density at radius 2 is 1.89 bits per heavy atom. The summed E-state index contributed by atoms with van der Waals surface area (Å²) < 4.78 is 5.28. The molecule has 3 N–H and O–H groups in total. The van der Waals surface area contributed by atoms with Gasteiger partial charge >= 0.3 is 0 Å². The predicted molar refractivity (Wildman–Crippen MR) is 74.5 cm³/mol. The lowest BCUT2D eigenvalue weighted by atomic mass is 10.1. The first-order valence-corrected chi connectivity index (χ1v) is 5.17. The monoisotopic (exact) mass is 263 g/mol. The molecule has 0 saturated carbocycles. The summed E-state index contributed by atoms with van der Waals surface area (Å²) in [5.41, 5.74) is 7.52. The molecule has 94 valence electrons. The van der Waals surface area contributed by atoms with Gasteiger partial charge in [0, 0.05) is 5.56 Å². The molecule has 0 aliphatic heterocycles. The molecule has 0 unspecified atom stereocenters. The lowest BCUT2D eigenvalue weighted by molar-refractivity contribution is 0.416. The van der Waals surface area contributed by atoms with Crippen molar-refractivity contribution in [3.8, 4) is 17.0 Å². The van der Waals surface area contributed by atoms with Crippen LogP contribution in [0.4, 0.5) is 0 Å². The summed E-state index contributed by atoms with van der Waals surface area (Å²) in [6, 6.07) is 13.0. The molecule has 0 saturated heterocycles. The summed E-state index contributed by atoms with van der Waals surface area (Å²) in [5, 5.41) is 7.38. The van der Waals surface area contributed by atoms with E-state index in [-0.39, 0.29) is 18.2 Å². The molecule has 1 heterocycles. The Labute approximate surface area is 112 Å². The molecule has 1 aromatic heterocycles. The van der Waals surface area contributed by atoms with Crippen LogP contribution in [0.2, 0.25) is 0 Å². The van der Waals surface area contributed by atoms with Crippen molar-refractivity contribution in [2.75, 3.05) is 7.11 Å². The minimum absolute atomic E-state index is 0. The molecule has 18 heavy (non-hydrogen) atoms. The van der Waals surface area contributed by atoms with Crippen molar-refractivity contribution in [1.29, 1.82) is 5.41 Å². The molecular weight excluding hydrogens is 250 g/mol. The van der Waals surface area contributed by atoms with Crippen LogP contribution in [-0.4, -0.2) is 17.9 Å². The Balaban J connectivity index is 0.00000162. The zero-order chi connectivity index (χ0) is 12.3. The van der Waals surface area contributed by atoms with Gasteiger partial charge in [-0.2, -0.15) is 0 Å². The van der Waals surface area contributed by atoms with Crippen LogP contribution in [0.3, 0.4) is 0 Å². The van der Waals surface area contributed by atoms with Crippen molar-refractivity contribution in [3.63, 3.8) is 0 Å². The number of pyridine rings is 1. The Bertz CT molecular complexity index is 557. The number of nitrogens with one attached hydrogen (secondary N) is 1. The summed E-state index contributed by atoms with van der Waals surface area (Å²) in [6.45, 7) is 0. The Kier molecular flexibility index (Phi) is 4.68. The second kappa shape index (κ2) is 6.02. The zero-order valence-electron chi connectivity index (χ0n) is 9.88. The van der Waals surface area contributed by atoms with E-state index in [9.17, 15) is 0 Å². The third kappa shape index (κ3) is 2.78. The first kappa shape index (κ1) is 14.0. The molecule has 5 heteroatoms. The van der Waals surface area contributed by atoms with Gasteiger partial charge in [-0.1, -0.05) is 18.2 Å². The molecule has 2 rings (SSSR count). The predicted octanol–water partition coefficient (Wildman–Crippen LogP) is 2.46. The highest BCUT2D eigenvalue weighted by atomic mass is 35.5. The number of benzene rings is 1. The van der Waals surface area contributed by atoms with Crippen LogP contribution in [0, 0.1) is 5.41 Å². The fourth-order valence-corrected chi connectivity index (χ4v) is 1.59. The average Bonchev–Trinajstić information content (AvgIpc) is 2.39. The van der Waals surface area contributed by atoms with Crippen molar-refractivity contribution >= 4 is 18.2 Å². The number of halogens is 1. The number of ether oxygens (including phenoxy) is 1. The van der Waals surface area contributed by atoms with Gasteiger partial charge in [0.05, 0.1) is 12.8 Å². The maximum absolute atomic E-state index is 7.38. The Morgan fingerprint density at radius 1 is 1.17 bits per heavy atom. The van der Waals surface area contributed by atoms with Gasteiger partial charge in [0.1, 0.15) is 17.3 Å². The number of methoxy groups -OCH3 is 1. The Morgan fingerprint density at radius 3 is 2.56 bits per heavy atom. The minimum Gasteiger partial charge on any atom is -0.496 e. The smallest absolute Gasteiger partial charge is 0.141 e. The number of nitrogen functional groups attached to an aromatic ring is 1. The van der Waals surface area contributed by atoms with E-state index < -0.39 is 0 Å². The first-order valence-electron chi connectivity index (χ1n) is 5.17. The minimum atomic E-state index is -0.0400.